The number of Topliss-reactive ketones (excluding diaryl/α,β-unsaturated/α-hetero) is 1. The van der Waals surface area contributed by atoms with E-state index in [4.69, 9.17) is 20.3 Å². The van der Waals surface area contributed by atoms with Crippen molar-refractivity contribution in [2.24, 2.45) is 14.1 Å². The first-order valence-electron chi connectivity index (χ1n) is 21.8. The van der Waals surface area contributed by atoms with E-state index in [0.717, 1.165) is 48.7 Å². The number of nitrogens with two attached hydrogens (primary N) is 1. The van der Waals surface area contributed by atoms with Crippen LogP contribution in [0.15, 0.2) is 131 Å². The Hall–Kier alpha value is -8.80. The molecule has 0 spiro atoms. The van der Waals surface area contributed by atoms with Crippen LogP contribution in [-0.2, 0) is 33.4 Å². The summed E-state index contributed by atoms with van der Waals surface area (Å²) in [4.78, 5) is 57.6. The van der Waals surface area contributed by atoms with Crippen LogP contribution in [0.1, 0.15) is 48.8 Å². The molecule has 0 radical (unpaired) electrons. The van der Waals surface area contributed by atoms with Gasteiger partial charge in [0.2, 0.25) is 0 Å². The van der Waals surface area contributed by atoms with Gasteiger partial charge in [0.25, 0.3) is 11.1 Å². The van der Waals surface area contributed by atoms with E-state index < -0.39 is 28.7 Å². The summed E-state index contributed by atoms with van der Waals surface area (Å²) in [5, 5.41) is 15.3. The van der Waals surface area contributed by atoms with Crippen LogP contribution < -0.4 is 37.0 Å². The third kappa shape index (κ3) is 9.72. The van der Waals surface area contributed by atoms with Crippen LogP contribution in [0, 0.1) is 25.5 Å². The molecule has 5 N–H and O–H groups in total. The molecule has 8 aromatic rings. The standard InChI is InChI=1S/C26H23FN4O3.C13H12FN3O.C12H12N2O3/c1-16-24(26(33)31(30(16)2)18-6-4-3-5-7-18)21(32)15-17-8-9-23(20(27)14-17)34-22-11-13-29-25-19(22)10-12-28-25;14-10-7-8(15)1-2-12(10)18-11-4-6-17-13-9(11)3-5-16-13;1-8-10(12(16)17)11(15)14(13(8)2)9-6-4-3-5-7-9/h3-9,11,13-14H,10,12,15H2,1-2H3,(H,28,29);1-2,4,6-7H,3,5,15H2,(H,16,17);3-7H,1-2H3,(H,16,17). The summed E-state index contributed by atoms with van der Waals surface area (Å²) in [6.45, 7) is 4.93. The molecule has 0 aliphatic carbocycles. The molecule has 69 heavy (non-hydrogen) atoms. The Labute approximate surface area is 393 Å². The van der Waals surface area contributed by atoms with Gasteiger partial charge in [0, 0.05) is 74.6 Å². The Balaban J connectivity index is 0.000000154. The van der Waals surface area contributed by atoms with E-state index in [1.807, 2.05) is 24.3 Å². The van der Waals surface area contributed by atoms with E-state index in [-0.39, 0.29) is 34.8 Å². The molecule has 0 saturated carbocycles. The van der Waals surface area contributed by atoms with Gasteiger partial charge in [-0.1, -0.05) is 42.5 Å². The fraction of sp³-hybridized carbons (Fsp3) is 0.176. The zero-order valence-electron chi connectivity index (χ0n) is 38.0. The van der Waals surface area contributed by atoms with Crippen molar-refractivity contribution in [1.29, 1.82) is 0 Å². The zero-order chi connectivity index (χ0) is 48.9. The molecule has 0 fully saturated rings. The van der Waals surface area contributed by atoms with Crippen LogP contribution in [-0.4, -0.2) is 58.6 Å². The molecular formula is C51H47F2N9O7. The lowest BCUT2D eigenvalue weighted by Crippen LogP contribution is -2.23. The fourth-order valence-electron chi connectivity index (χ4n) is 8.09. The van der Waals surface area contributed by atoms with Gasteiger partial charge in [-0.25, -0.2) is 32.9 Å². The predicted molar refractivity (Wildman–Crippen MR) is 257 cm³/mol. The number of carboxylic acid groups (broad SMARTS) is 1. The molecule has 4 aromatic carbocycles. The quantitative estimate of drug-likeness (QED) is 0.0763. The van der Waals surface area contributed by atoms with Crippen molar-refractivity contribution in [2.45, 2.75) is 33.1 Å². The third-order valence-corrected chi connectivity index (χ3v) is 11.7. The van der Waals surface area contributed by atoms with Gasteiger partial charge in [-0.15, -0.1) is 0 Å². The summed E-state index contributed by atoms with van der Waals surface area (Å²) in [6.07, 6.45) is 4.74. The number of aromatic nitrogens is 6. The van der Waals surface area contributed by atoms with Crippen LogP contribution in [0.25, 0.3) is 11.4 Å². The summed E-state index contributed by atoms with van der Waals surface area (Å²) >= 11 is 0. The van der Waals surface area contributed by atoms with E-state index in [1.165, 1.54) is 33.6 Å². The highest BCUT2D eigenvalue weighted by molar-refractivity contribution is 5.98. The zero-order valence-corrected chi connectivity index (χ0v) is 38.0. The molecule has 2 aliphatic heterocycles. The lowest BCUT2D eigenvalue weighted by atomic mass is 10.0. The number of hydrogen-bond acceptors (Lipinski definition) is 11. The number of nitrogens with one attached hydrogen (secondary N) is 2. The number of carboxylic acids is 1. The topological polar surface area (TPSA) is 203 Å². The lowest BCUT2D eigenvalue weighted by molar-refractivity contribution is 0.0694. The van der Waals surface area contributed by atoms with Gasteiger partial charge in [0.05, 0.1) is 17.1 Å². The molecule has 16 nitrogen and oxygen atoms in total. The number of pyridine rings is 2. The number of rotatable bonds is 10. The largest absolute Gasteiger partial charge is 0.477 e. The molecule has 10 rings (SSSR count). The number of benzene rings is 4. The van der Waals surface area contributed by atoms with Crippen LogP contribution in [0.2, 0.25) is 0 Å². The first-order valence-corrected chi connectivity index (χ1v) is 21.8. The minimum absolute atomic E-state index is 0.0684. The summed E-state index contributed by atoms with van der Waals surface area (Å²) < 4.78 is 45.9. The monoisotopic (exact) mass is 935 g/mol. The molecule has 0 amide bonds. The van der Waals surface area contributed by atoms with Crippen LogP contribution in [0.4, 0.5) is 26.1 Å². The molecule has 352 valence electrons. The van der Waals surface area contributed by atoms with Crippen molar-refractivity contribution < 1.29 is 33.0 Å². The number of carbonyl (C=O) groups excluding carboxylic acids is 1. The number of halogens is 2. The number of carbonyl (C=O) groups is 2. The predicted octanol–water partition coefficient (Wildman–Crippen LogP) is 7.95. The van der Waals surface area contributed by atoms with Gasteiger partial charge >= 0.3 is 5.97 Å². The number of para-hydroxylation sites is 2. The minimum Gasteiger partial charge on any atom is -0.477 e. The van der Waals surface area contributed by atoms with E-state index in [0.29, 0.717) is 45.5 Å². The Bertz CT molecular complexity index is 3350. The molecular weight excluding hydrogens is 889 g/mol. The van der Waals surface area contributed by atoms with E-state index >= 15 is 0 Å². The average molecular weight is 936 g/mol. The van der Waals surface area contributed by atoms with Crippen molar-refractivity contribution in [1.82, 2.24) is 28.7 Å². The van der Waals surface area contributed by atoms with Gasteiger partial charge in [0.1, 0.15) is 34.3 Å². The molecule has 0 atom stereocenters. The Morgan fingerprint density at radius 1 is 0.652 bits per heavy atom. The maximum Gasteiger partial charge on any atom is 0.343 e. The molecule has 0 saturated heterocycles. The van der Waals surface area contributed by atoms with Crippen molar-refractivity contribution in [2.75, 3.05) is 29.5 Å². The molecule has 6 heterocycles. The second-order valence-corrected chi connectivity index (χ2v) is 16.1. The van der Waals surface area contributed by atoms with Gasteiger partial charge in [-0.05, 0) is 92.9 Å². The van der Waals surface area contributed by atoms with Gasteiger partial charge < -0.3 is 30.9 Å². The number of ketones is 1. The second-order valence-electron chi connectivity index (χ2n) is 16.1. The van der Waals surface area contributed by atoms with Gasteiger partial charge in [-0.3, -0.25) is 23.7 Å². The fourth-order valence-corrected chi connectivity index (χ4v) is 8.09. The van der Waals surface area contributed by atoms with Gasteiger partial charge in [-0.2, -0.15) is 0 Å². The van der Waals surface area contributed by atoms with Crippen molar-refractivity contribution in [3.05, 3.63) is 193 Å². The Morgan fingerprint density at radius 3 is 1.58 bits per heavy atom. The number of aromatic carboxylic acids is 1. The number of fused-ring (bicyclic) bond motifs is 2. The molecule has 0 bridgehead atoms. The highest BCUT2D eigenvalue weighted by atomic mass is 19.1. The number of nitrogens with zero attached hydrogens (tertiary/aromatic N) is 6. The summed E-state index contributed by atoms with van der Waals surface area (Å²) in [7, 11) is 3.40. The Kier molecular flexibility index (Phi) is 13.5. The SMILES string of the molecule is Cc1c(C(=O)Cc2ccc(Oc3ccnc4c3CCN4)c(F)c2)c(=O)n(-c2ccccc2)n1C.Cc1c(C(=O)O)c(=O)n(-c2ccccc2)n1C.Nc1ccc(Oc2ccnc3c2CCN3)c(F)c1. The first-order chi connectivity index (χ1) is 33.2. The number of hydrogen-bond donors (Lipinski definition) is 4. The smallest absolute Gasteiger partial charge is 0.343 e. The first kappa shape index (κ1) is 46.7. The molecule has 0 unspecified atom stereocenters. The maximum atomic E-state index is 14.9. The number of anilines is 3. The highest BCUT2D eigenvalue weighted by Gasteiger charge is 2.24. The highest BCUT2D eigenvalue weighted by Crippen LogP contribution is 2.35. The van der Waals surface area contributed by atoms with Crippen molar-refractivity contribution >= 4 is 29.1 Å². The summed E-state index contributed by atoms with van der Waals surface area (Å²) in [6, 6.07) is 30.3. The summed E-state index contributed by atoms with van der Waals surface area (Å²) in [5.74, 6) is 0.385. The van der Waals surface area contributed by atoms with Gasteiger partial charge in [0.15, 0.2) is 28.9 Å². The van der Waals surface area contributed by atoms with Crippen LogP contribution in [0.5, 0.6) is 23.0 Å². The van der Waals surface area contributed by atoms with Crippen molar-refractivity contribution in [3.63, 3.8) is 0 Å². The van der Waals surface area contributed by atoms with Crippen LogP contribution in [0.3, 0.4) is 0 Å². The van der Waals surface area contributed by atoms with E-state index in [2.05, 4.69) is 20.6 Å². The van der Waals surface area contributed by atoms with E-state index in [9.17, 15) is 28.0 Å². The van der Waals surface area contributed by atoms with Crippen molar-refractivity contribution in [3.8, 4) is 34.4 Å². The third-order valence-electron chi connectivity index (χ3n) is 11.7. The maximum absolute atomic E-state index is 14.9. The minimum atomic E-state index is -1.20. The number of nitrogen functional groups attached to an aromatic ring is 1. The van der Waals surface area contributed by atoms with Crippen LogP contribution >= 0.6 is 0 Å². The average Bonchev–Trinajstić information content (AvgIpc) is 4.12. The molecule has 18 heteroatoms. The number of ether oxygens (including phenoxy) is 2. The summed E-state index contributed by atoms with van der Waals surface area (Å²) in [5.41, 5.74) is 9.55. The normalized spacial score (nSPS) is 12.0. The molecule has 4 aromatic heterocycles. The second kappa shape index (κ2) is 20.0. The van der Waals surface area contributed by atoms with E-state index in [1.54, 1.807) is 110 Å². The lowest BCUT2D eigenvalue weighted by Gasteiger charge is -2.11. The molecule has 2 aliphatic rings. The Morgan fingerprint density at radius 2 is 1.12 bits per heavy atom.